The third-order valence-electron chi connectivity index (χ3n) is 2.92. The minimum atomic E-state index is -0.911. The fourth-order valence-corrected chi connectivity index (χ4v) is 2.22. The monoisotopic (exact) mass is 265 g/mol. The SMILES string of the molecule is N#Cc1ccc(Cl)cc1N1CCNCC1C(=O)O. The number of anilines is 1. The molecular weight excluding hydrogens is 254 g/mol. The Hall–Kier alpha value is -1.77. The Morgan fingerprint density at radius 1 is 1.61 bits per heavy atom. The number of piperazine rings is 1. The first kappa shape index (κ1) is 12.7. The summed E-state index contributed by atoms with van der Waals surface area (Å²) in [5, 5.41) is 21.8. The van der Waals surface area contributed by atoms with Gasteiger partial charge < -0.3 is 15.3 Å². The summed E-state index contributed by atoms with van der Waals surface area (Å²) in [6.07, 6.45) is 0. The van der Waals surface area contributed by atoms with Gasteiger partial charge in [0.1, 0.15) is 12.1 Å². The van der Waals surface area contributed by atoms with Gasteiger partial charge in [-0.25, -0.2) is 4.79 Å². The van der Waals surface area contributed by atoms with Gasteiger partial charge in [-0.3, -0.25) is 0 Å². The molecule has 1 aromatic rings. The molecule has 1 saturated heterocycles. The van der Waals surface area contributed by atoms with Crippen molar-refractivity contribution < 1.29 is 9.90 Å². The van der Waals surface area contributed by atoms with Crippen LogP contribution in [0.3, 0.4) is 0 Å². The Morgan fingerprint density at radius 2 is 2.39 bits per heavy atom. The van der Waals surface area contributed by atoms with Gasteiger partial charge in [0.05, 0.1) is 11.3 Å². The van der Waals surface area contributed by atoms with E-state index in [4.69, 9.17) is 16.9 Å². The number of rotatable bonds is 2. The van der Waals surface area contributed by atoms with E-state index in [0.29, 0.717) is 35.9 Å². The number of nitrogens with one attached hydrogen (secondary N) is 1. The molecule has 1 heterocycles. The summed E-state index contributed by atoms with van der Waals surface area (Å²) in [5.41, 5.74) is 1.02. The van der Waals surface area contributed by atoms with Crippen molar-refractivity contribution in [2.75, 3.05) is 24.5 Å². The number of aliphatic carboxylic acids is 1. The molecule has 1 aliphatic heterocycles. The van der Waals surface area contributed by atoms with Crippen LogP contribution in [0, 0.1) is 11.3 Å². The molecule has 1 aromatic carbocycles. The molecule has 6 heteroatoms. The van der Waals surface area contributed by atoms with Gasteiger partial charge in [-0.15, -0.1) is 0 Å². The molecule has 0 spiro atoms. The van der Waals surface area contributed by atoms with Gasteiger partial charge in [-0.1, -0.05) is 11.6 Å². The number of hydrogen-bond donors (Lipinski definition) is 2. The van der Waals surface area contributed by atoms with Crippen molar-refractivity contribution in [2.45, 2.75) is 6.04 Å². The molecule has 1 fully saturated rings. The van der Waals surface area contributed by atoms with E-state index in [1.165, 1.54) is 0 Å². The first-order valence-electron chi connectivity index (χ1n) is 5.53. The lowest BCUT2D eigenvalue weighted by atomic mass is 10.1. The average Bonchev–Trinajstić information content (AvgIpc) is 2.38. The van der Waals surface area contributed by atoms with E-state index in [9.17, 15) is 9.90 Å². The summed E-state index contributed by atoms with van der Waals surface area (Å²) in [5.74, 6) is -0.911. The maximum Gasteiger partial charge on any atom is 0.327 e. The molecule has 0 saturated carbocycles. The number of carbonyl (C=O) groups is 1. The number of benzene rings is 1. The highest BCUT2D eigenvalue weighted by Gasteiger charge is 2.29. The molecule has 0 radical (unpaired) electrons. The summed E-state index contributed by atoms with van der Waals surface area (Å²) >= 11 is 5.92. The Kier molecular flexibility index (Phi) is 3.70. The Balaban J connectivity index is 2.42. The van der Waals surface area contributed by atoms with Gasteiger partial charge >= 0.3 is 5.97 Å². The van der Waals surface area contributed by atoms with Gasteiger partial charge in [0, 0.05) is 24.7 Å². The van der Waals surface area contributed by atoms with Crippen LogP contribution in [0.15, 0.2) is 18.2 Å². The fourth-order valence-electron chi connectivity index (χ4n) is 2.05. The molecule has 5 nitrogen and oxygen atoms in total. The van der Waals surface area contributed by atoms with Crippen LogP contribution >= 0.6 is 11.6 Å². The van der Waals surface area contributed by atoms with Gasteiger partial charge in [-0.2, -0.15) is 5.26 Å². The van der Waals surface area contributed by atoms with Crippen molar-refractivity contribution in [1.29, 1.82) is 5.26 Å². The number of nitriles is 1. The topological polar surface area (TPSA) is 76.4 Å². The lowest BCUT2D eigenvalue weighted by Crippen LogP contribution is -2.55. The normalized spacial score (nSPS) is 19.3. The summed E-state index contributed by atoms with van der Waals surface area (Å²) in [7, 11) is 0. The smallest absolute Gasteiger partial charge is 0.327 e. The maximum absolute atomic E-state index is 11.2. The van der Waals surface area contributed by atoms with Crippen molar-refractivity contribution in [2.24, 2.45) is 0 Å². The molecule has 1 unspecified atom stereocenters. The van der Waals surface area contributed by atoms with Crippen molar-refractivity contribution in [3.63, 3.8) is 0 Å². The van der Waals surface area contributed by atoms with E-state index in [1.807, 2.05) is 0 Å². The van der Waals surface area contributed by atoms with Gasteiger partial charge in [-0.05, 0) is 18.2 Å². The maximum atomic E-state index is 11.2. The zero-order valence-corrected chi connectivity index (χ0v) is 10.3. The predicted molar refractivity (Wildman–Crippen MR) is 67.8 cm³/mol. The van der Waals surface area contributed by atoms with Crippen LogP contribution in [-0.4, -0.2) is 36.8 Å². The number of nitrogens with zero attached hydrogens (tertiary/aromatic N) is 2. The number of carboxylic acid groups (broad SMARTS) is 1. The zero-order chi connectivity index (χ0) is 13.1. The minimum absolute atomic E-state index is 0.354. The fraction of sp³-hybridized carbons (Fsp3) is 0.333. The Morgan fingerprint density at radius 3 is 3.06 bits per heavy atom. The summed E-state index contributed by atoms with van der Waals surface area (Å²) < 4.78 is 0. The number of hydrogen-bond acceptors (Lipinski definition) is 4. The van der Waals surface area contributed by atoms with Crippen molar-refractivity contribution in [3.8, 4) is 6.07 Å². The van der Waals surface area contributed by atoms with Crippen LogP contribution in [0.25, 0.3) is 0 Å². The minimum Gasteiger partial charge on any atom is -0.480 e. The van der Waals surface area contributed by atoms with E-state index in [2.05, 4.69) is 11.4 Å². The van der Waals surface area contributed by atoms with Crippen LogP contribution in [0.5, 0.6) is 0 Å². The highest BCUT2D eigenvalue weighted by Crippen LogP contribution is 2.26. The van der Waals surface area contributed by atoms with Gasteiger partial charge in [0.2, 0.25) is 0 Å². The van der Waals surface area contributed by atoms with E-state index in [1.54, 1.807) is 23.1 Å². The van der Waals surface area contributed by atoms with Crippen molar-refractivity contribution in [3.05, 3.63) is 28.8 Å². The molecule has 18 heavy (non-hydrogen) atoms. The second kappa shape index (κ2) is 5.25. The van der Waals surface area contributed by atoms with Gasteiger partial charge in [0.15, 0.2) is 0 Å². The second-order valence-corrected chi connectivity index (χ2v) is 4.46. The first-order chi connectivity index (χ1) is 8.63. The summed E-state index contributed by atoms with van der Waals surface area (Å²) in [6, 6.07) is 6.27. The van der Waals surface area contributed by atoms with E-state index < -0.39 is 12.0 Å². The molecule has 0 aliphatic carbocycles. The molecule has 0 amide bonds. The Labute approximate surface area is 110 Å². The Bertz CT molecular complexity index is 513. The van der Waals surface area contributed by atoms with Crippen molar-refractivity contribution >= 4 is 23.3 Å². The van der Waals surface area contributed by atoms with Gasteiger partial charge in [0.25, 0.3) is 0 Å². The van der Waals surface area contributed by atoms with E-state index in [0.717, 1.165) is 0 Å². The molecule has 0 aromatic heterocycles. The second-order valence-electron chi connectivity index (χ2n) is 4.02. The molecule has 0 bridgehead atoms. The third kappa shape index (κ3) is 2.40. The van der Waals surface area contributed by atoms with Crippen LogP contribution < -0.4 is 10.2 Å². The lowest BCUT2D eigenvalue weighted by molar-refractivity contribution is -0.138. The lowest BCUT2D eigenvalue weighted by Gasteiger charge is -2.35. The summed E-state index contributed by atoms with van der Waals surface area (Å²) in [6.45, 7) is 1.57. The van der Waals surface area contributed by atoms with Crippen molar-refractivity contribution in [1.82, 2.24) is 5.32 Å². The average molecular weight is 266 g/mol. The predicted octanol–water partition coefficient (Wildman–Crippen LogP) is 1.07. The quantitative estimate of drug-likeness (QED) is 0.837. The number of carboxylic acids is 1. The zero-order valence-electron chi connectivity index (χ0n) is 9.56. The molecule has 1 atom stereocenters. The van der Waals surface area contributed by atoms with E-state index in [-0.39, 0.29) is 0 Å². The number of halogens is 1. The standard InChI is InChI=1S/C12H12ClN3O2/c13-9-2-1-8(6-14)10(5-9)16-4-3-15-7-11(16)12(17)18/h1-2,5,11,15H,3-4,7H2,(H,17,18). The highest BCUT2D eigenvalue weighted by atomic mass is 35.5. The van der Waals surface area contributed by atoms with Crippen LogP contribution in [0.4, 0.5) is 5.69 Å². The summed E-state index contributed by atoms with van der Waals surface area (Å²) in [4.78, 5) is 12.9. The van der Waals surface area contributed by atoms with Crippen LogP contribution in [0.2, 0.25) is 5.02 Å². The molecular formula is C12H12ClN3O2. The molecule has 2 N–H and O–H groups in total. The highest BCUT2D eigenvalue weighted by molar-refractivity contribution is 6.30. The molecule has 94 valence electrons. The molecule has 1 aliphatic rings. The molecule has 2 rings (SSSR count). The largest absolute Gasteiger partial charge is 0.480 e. The van der Waals surface area contributed by atoms with Crippen LogP contribution in [0.1, 0.15) is 5.56 Å². The van der Waals surface area contributed by atoms with E-state index >= 15 is 0 Å². The third-order valence-corrected chi connectivity index (χ3v) is 3.15. The first-order valence-corrected chi connectivity index (χ1v) is 5.91. The van der Waals surface area contributed by atoms with Crippen LogP contribution in [-0.2, 0) is 4.79 Å².